The standard InChI is InChI=1S/C9H18N2O2/c1-3-10-9(13)11-5-4-8(12)7(2)6-11/h7-8,12H,3-6H2,1-2H3,(H,10,13). The zero-order valence-corrected chi connectivity index (χ0v) is 8.29. The molecule has 1 saturated heterocycles. The average molecular weight is 186 g/mol. The van der Waals surface area contributed by atoms with Gasteiger partial charge in [-0.05, 0) is 19.3 Å². The van der Waals surface area contributed by atoms with Gasteiger partial charge in [0.25, 0.3) is 0 Å². The van der Waals surface area contributed by atoms with E-state index in [9.17, 15) is 9.90 Å². The van der Waals surface area contributed by atoms with Crippen molar-refractivity contribution in [1.82, 2.24) is 10.2 Å². The first-order chi connectivity index (χ1) is 6.15. The smallest absolute Gasteiger partial charge is 0.317 e. The number of hydrogen-bond acceptors (Lipinski definition) is 2. The summed E-state index contributed by atoms with van der Waals surface area (Å²) in [5, 5.41) is 12.2. The van der Waals surface area contributed by atoms with Gasteiger partial charge in [-0.2, -0.15) is 0 Å². The first-order valence-corrected chi connectivity index (χ1v) is 4.86. The van der Waals surface area contributed by atoms with Crippen LogP contribution in [0, 0.1) is 5.92 Å². The molecule has 1 aliphatic heterocycles. The number of nitrogens with zero attached hydrogens (tertiary/aromatic N) is 1. The second-order valence-corrected chi connectivity index (χ2v) is 3.61. The molecule has 2 N–H and O–H groups in total. The molecule has 2 amide bonds. The first-order valence-electron chi connectivity index (χ1n) is 4.86. The number of rotatable bonds is 1. The molecule has 0 aromatic rings. The summed E-state index contributed by atoms with van der Waals surface area (Å²) >= 11 is 0. The van der Waals surface area contributed by atoms with Gasteiger partial charge in [-0.25, -0.2) is 4.79 Å². The normalized spacial score (nSPS) is 28.7. The van der Waals surface area contributed by atoms with E-state index in [2.05, 4.69) is 5.32 Å². The fourth-order valence-corrected chi connectivity index (χ4v) is 1.58. The Morgan fingerprint density at radius 3 is 2.92 bits per heavy atom. The van der Waals surface area contributed by atoms with E-state index in [4.69, 9.17) is 0 Å². The van der Waals surface area contributed by atoms with E-state index in [-0.39, 0.29) is 18.1 Å². The molecule has 0 spiro atoms. The van der Waals surface area contributed by atoms with Crippen LogP contribution in [-0.4, -0.2) is 41.8 Å². The summed E-state index contributed by atoms with van der Waals surface area (Å²) < 4.78 is 0. The van der Waals surface area contributed by atoms with Gasteiger partial charge in [0, 0.05) is 19.6 Å². The minimum atomic E-state index is -0.245. The monoisotopic (exact) mass is 186 g/mol. The SMILES string of the molecule is CCNC(=O)N1CCC(O)C(C)C1. The quantitative estimate of drug-likeness (QED) is 0.623. The Balaban J connectivity index is 2.40. The maximum atomic E-state index is 11.4. The van der Waals surface area contributed by atoms with Gasteiger partial charge in [0.2, 0.25) is 0 Å². The lowest BCUT2D eigenvalue weighted by Gasteiger charge is -2.34. The van der Waals surface area contributed by atoms with Crippen LogP contribution in [0.3, 0.4) is 0 Å². The van der Waals surface area contributed by atoms with E-state index < -0.39 is 0 Å². The summed E-state index contributed by atoms with van der Waals surface area (Å²) in [5.74, 6) is 0.191. The van der Waals surface area contributed by atoms with Gasteiger partial charge in [0.15, 0.2) is 0 Å². The fourth-order valence-electron chi connectivity index (χ4n) is 1.58. The van der Waals surface area contributed by atoms with Gasteiger partial charge in [-0.15, -0.1) is 0 Å². The van der Waals surface area contributed by atoms with Gasteiger partial charge in [0.05, 0.1) is 6.10 Å². The zero-order chi connectivity index (χ0) is 9.84. The summed E-state index contributed by atoms with van der Waals surface area (Å²) in [7, 11) is 0. The van der Waals surface area contributed by atoms with Gasteiger partial charge in [-0.1, -0.05) is 6.92 Å². The fraction of sp³-hybridized carbons (Fsp3) is 0.889. The maximum Gasteiger partial charge on any atom is 0.317 e. The van der Waals surface area contributed by atoms with Gasteiger partial charge in [-0.3, -0.25) is 0 Å². The molecule has 0 aromatic heterocycles. The summed E-state index contributed by atoms with van der Waals surface area (Å²) in [6, 6.07) is -0.0127. The minimum absolute atomic E-state index is 0.0127. The van der Waals surface area contributed by atoms with Crippen molar-refractivity contribution in [3.05, 3.63) is 0 Å². The van der Waals surface area contributed by atoms with E-state index in [1.54, 1.807) is 4.90 Å². The molecule has 2 atom stereocenters. The topological polar surface area (TPSA) is 52.6 Å². The van der Waals surface area contributed by atoms with Crippen molar-refractivity contribution < 1.29 is 9.90 Å². The van der Waals surface area contributed by atoms with Crippen molar-refractivity contribution in [2.24, 2.45) is 5.92 Å². The molecule has 13 heavy (non-hydrogen) atoms. The van der Waals surface area contributed by atoms with E-state index in [1.807, 2.05) is 13.8 Å². The third-order valence-electron chi connectivity index (χ3n) is 2.48. The van der Waals surface area contributed by atoms with Crippen LogP contribution in [0.2, 0.25) is 0 Å². The third kappa shape index (κ3) is 2.59. The van der Waals surface area contributed by atoms with Crippen molar-refractivity contribution >= 4 is 6.03 Å². The molecule has 0 aliphatic carbocycles. The van der Waals surface area contributed by atoms with Crippen molar-refractivity contribution in [3.8, 4) is 0 Å². The summed E-state index contributed by atoms with van der Waals surface area (Å²) in [6.45, 7) is 5.85. The number of urea groups is 1. The van der Waals surface area contributed by atoms with E-state index in [1.165, 1.54) is 0 Å². The molecule has 1 aliphatic rings. The molecule has 1 fully saturated rings. The molecule has 4 heteroatoms. The third-order valence-corrected chi connectivity index (χ3v) is 2.48. The zero-order valence-electron chi connectivity index (χ0n) is 8.29. The van der Waals surface area contributed by atoms with Crippen molar-refractivity contribution in [3.63, 3.8) is 0 Å². The molecule has 0 saturated carbocycles. The largest absolute Gasteiger partial charge is 0.393 e. The van der Waals surface area contributed by atoms with Crippen LogP contribution >= 0.6 is 0 Å². The maximum absolute atomic E-state index is 11.4. The van der Waals surface area contributed by atoms with Crippen LogP contribution in [0.4, 0.5) is 4.79 Å². The minimum Gasteiger partial charge on any atom is -0.393 e. The number of likely N-dealkylation sites (tertiary alicyclic amines) is 1. The molecule has 4 nitrogen and oxygen atoms in total. The van der Waals surface area contributed by atoms with Crippen molar-refractivity contribution in [2.45, 2.75) is 26.4 Å². The predicted molar refractivity (Wildman–Crippen MR) is 50.4 cm³/mol. The summed E-state index contributed by atoms with van der Waals surface area (Å²) in [6.07, 6.45) is 0.448. The van der Waals surface area contributed by atoms with E-state index >= 15 is 0 Å². The number of aliphatic hydroxyl groups is 1. The van der Waals surface area contributed by atoms with Crippen LogP contribution in [0.5, 0.6) is 0 Å². The Bertz CT molecular complexity index is 184. The Morgan fingerprint density at radius 1 is 1.69 bits per heavy atom. The van der Waals surface area contributed by atoms with Crippen LogP contribution in [0.1, 0.15) is 20.3 Å². The molecule has 0 bridgehead atoms. The van der Waals surface area contributed by atoms with Crippen LogP contribution in [0.15, 0.2) is 0 Å². The van der Waals surface area contributed by atoms with E-state index in [0.717, 1.165) is 0 Å². The first kappa shape index (κ1) is 10.3. The number of aliphatic hydroxyl groups excluding tert-OH is 1. The van der Waals surface area contributed by atoms with Gasteiger partial charge >= 0.3 is 6.03 Å². The lowest BCUT2D eigenvalue weighted by molar-refractivity contribution is 0.0482. The van der Waals surface area contributed by atoms with E-state index in [0.29, 0.717) is 26.1 Å². The Kier molecular flexibility index (Phi) is 3.54. The van der Waals surface area contributed by atoms with Crippen LogP contribution in [0.25, 0.3) is 0 Å². The average Bonchev–Trinajstić information content (AvgIpc) is 2.10. The molecule has 0 aromatic carbocycles. The molecule has 76 valence electrons. The molecule has 2 unspecified atom stereocenters. The van der Waals surface area contributed by atoms with Crippen LogP contribution < -0.4 is 5.32 Å². The highest BCUT2D eigenvalue weighted by molar-refractivity contribution is 5.74. The number of hydrogen-bond donors (Lipinski definition) is 2. The summed E-state index contributed by atoms with van der Waals surface area (Å²) in [4.78, 5) is 13.1. The lowest BCUT2D eigenvalue weighted by Crippen LogP contribution is -2.48. The predicted octanol–water partition coefficient (Wildman–Crippen LogP) is 0.419. The lowest BCUT2D eigenvalue weighted by atomic mass is 9.97. The number of nitrogens with one attached hydrogen (secondary N) is 1. The summed E-state index contributed by atoms with van der Waals surface area (Å²) in [5.41, 5.74) is 0. The van der Waals surface area contributed by atoms with Crippen molar-refractivity contribution in [2.75, 3.05) is 19.6 Å². The number of carbonyl (C=O) groups is 1. The number of carbonyl (C=O) groups excluding carboxylic acids is 1. The number of piperidine rings is 1. The highest BCUT2D eigenvalue weighted by atomic mass is 16.3. The molecule has 1 rings (SSSR count). The van der Waals surface area contributed by atoms with Crippen molar-refractivity contribution in [1.29, 1.82) is 0 Å². The Labute approximate surface area is 78.9 Å². The second kappa shape index (κ2) is 4.46. The molecular weight excluding hydrogens is 168 g/mol. The Hall–Kier alpha value is -0.770. The highest BCUT2D eigenvalue weighted by Crippen LogP contribution is 2.16. The highest BCUT2D eigenvalue weighted by Gasteiger charge is 2.26. The second-order valence-electron chi connectivity index (χ2n) is 3.61. The molecular formula is C9H18N2O2. The van der Waals surface area contributed by atoms with Gasteiger partial charge < -0.3 is 15.3 Å². The van der Waals surface area contributed by atoms with Crippen LogP contribution in [-0.2, 0) is 0 Å². The molecule has 0 radical (unpaired) electrons. The van der Waals surface area contributed by atoms with Gasteiger partial charge in [0.1, 0.15) is 0 Å². The Morgan fingerprint density at radius 2 is 2.38 bits per heavy atom. The number of amides is 2. The molecule has 1 heterocycles.